The van der Waals surface area contributed by atoms with E-state index in [0.717, 1.165) is 44.1 Å². The predicted octanol–water partition coefficient (Wildman–Crippen LogP) is 2.66. The van der Waals surface area contributed by atoms with E-state index >= 15 is 0 Å². The van der Waals surface area contributed by atoms with Crippen LogP contribution in [0.1, 0.15) is 24.8 Å². The normalized spacial score (nSPS) is 19.2. The molecule has 25 heavy (non-hydrogen) atoms. The summed E-state index contributed by atoms with van der Waals surface area (Å²) in [6, 6.07) is 5.04. The van der Waals surface area contributed by atoms with Crippen molar-refractivity contribution in [1.29, 1.82) is 0 Å². The molecule has 0 aromatic heterocycles. The van der Waals surface area contributed by atoms with Crippen LogP contribution in [0.2, 0.25) is 5.02 Å². The third-order valence-electron chi connectivity index (χ3n) is 3.96. The van der Waals surface area contributed by atoms with E-state index in [9.17, 15) is 9.59 Å². The maximum absolute atomic E-state index is 12.3. The molecule has 0 aliphatic carbocycles. The van der Waals surface area contributed by atoms with Gasteiger partial charge in [0.2, 0.25) is 0 Å². The second-order valence-corrected chi connectivity index (χ2v) is 7.28. The Balaban J connectivity index is 1.72. The van der Waals surface area contributed by atoms with Crippen LogP contribution in [-0.2, 0) is 9.59 Å². The molecule has 0 atom stereocenters. The molecule has 0 saturated carbocycles. The number of hydrogen-bond acceptors (Lipinski definition) is 5. The van der Waals surface area contributed by atoms with Gasteiger partial charge in [0.25, 0.3) is 11.8 Å². The molecule has 0 radical (unpaired) electrons. The van der Waals surface area contributed by atoms with Gasteiger partial charge in [0.15, 0.2) is 11.8 Å². The second kappa shape index (κ2) is 7.93. The molecule has 0 spiro atoms. The van der Waals surface area contributed by atoms with E-state index < -0.39 is 5.91 Å². The average Bonchev–Trinajstić information content (AvgIpc) is 2.92. The van der Waals surface area contributed by atoms with Gasteiger partial charge in [0, 0.05) is 23.7 Å². The maximum atomic E-state index is 12.3. The van der Waals surface area contributed by atoms with Gasteiger partial charge >= 0.3 is 0 Å². The number of ether oxygens (including phenoxy) is 1. The van der Waals surface area contributed by atoms with Crippen molar-refractivity contribution in [3.8, 4) is 5.75 Å². The Kier molecular flexibility index (Phi) is 5.65. The number of nitrogens with two attached hydrogens (primary N) is 1. The molecule has 1 aromatic carbocycles. The lowest BCUT2D eigenvalue weighted by molar-refractivity contribution is -0.134. The van der Waals surface area contributed by atoms with Crippen LogP contribution in [0.15, 0.2) is 28.1 Å². The number of aliphatic imine (C=N–C) groups is 1. The largest absolute Gasteiger partial charge is 0.483 e. The third-order valence-corrected chi connectivity index (χ3v) is 5.00. The zero-order valence-corrected chi connectivity index (χ0v) is 15.1. The van der Waals surface area contributed by atoms with Gasteiger partial charge in [-0.05, 0) is 55.3 Å². The molecule has 8 heteroatoms. The van der Waals surface area contributed by atoms with Gasteiger partial charge in [0.1, 0.15) is 5.75 Å². The summed E-state index contributed by atoms with van der Waals surface area (Å²) in [5.41, 5.74) is 6.17. The first-order chi connectivity index (χ1) is 12.0. The van der Waals surface area contributed by atoms with Gasteiger partial charge in [0.05, 0.1) is 4.91 Å². The Bertz CT molecular complexity index is 758. The molecule has 1 aromatic rings. The molecule has 0 bridgehead atoms. The lowest BCUT2D eigenvalue weighted by Gasteiger charge is -2.26. The molecule has 0 unspecified atom stereocenters. The number of hydrogen-bond donors (Lipinski definition) is 1. The van der Waals surface area contributed by atoms with Crippen LogP contribution in [0.5, 0.6) is 5.75 Å². The number of nitrogens with zero attached hydrogens (tertiary/aromatic N) is 2. The molecule has 6 nitrogen and oxygen atoms in total. The minimum Gasteiger partial charge on any atom is -0.483 e. The molecule has 2 aliphatic rings. The average molecular weight is 380 g/mol. The van der Waals surface area contributed by atoms with Crippen LogP contribution >= 0.6 is 23.4 Å². The summed E-state index contributed by atoms with van der Waals surface area (Å²) in [5.74, 6) is 0.0612. The molecular formula is C17H18ClN3O3S. The number of amidine groups is 1. The standard InChI is InChI=1S/C17H18ClN3O3S/c18-12-4-5-13(24-10-15(22)21-6-2-1-3-7-21)11(8-12)9-14-16(23)20-17(19)25-14/h4-5,8-9H,1-3,6-7,10H2,(H2,19,20,23)/b14-9-. The molecule has 2 heterocycles. The number of carbonyl (C=O) groups excluding carboxylic acids is 2. The Labute approximate surface area is 155 Å². The lowest BCUT2D eigenvalue weighted by Crippen LogP contribution is -2.38. The molecule has 3 rings (SSSR count). The molecule has 1 fully saturated rings. The van der Waals surface area contributed by atoms with E-state index in [-0.39, 0.29) is 17.7 Å². The highest BCUT2D eigenvalue weighted by atomic mass is 35.5. The van der Waals surface area contributed by atoms with E-state index in [1.807, 2.05) is 4.90 Å². The van der Waals surface area contributed by atoms with Crippen molar-refractivity contribution >= 4 is 46.4 Å². The minimum atomic E-state index is -0.391. The van der Waals surface area contributed by atoms with Crippen molar-refractivity contribution in [1.82, 2.24) is 4.90 Å². The third kappa shape index (κ3) is 4.55. The van der Waals surface area contributed by atoms with Gasteiger partial charge in [-0.15, -0.1) is 0 Å². The van der Waals surface area contributed by atoms with Crippen LogP contribution in [-0.4, -0.2) is 41.6 Å². The van der Waals surface area contributed by atoms with E-state index in [1.165, 1.54) is 0 Å². The van der Waals surface area contributed by atoms with Crippen molar-refractivity contribution in [2.24, 2.45) is 10.7 Å². The highest BCUT2D eigenvalue weighted by Gasteiger charge is 2.21. The quantitative estimate of drug-likeness (QED) is 0.813. The maximum Gasteiger partial charge on any atom is 0.286 e. The summed E-state index contributed by atoms with van der Waals surface area (Å²) in [4.78, 5) is 29.9. The first kappa shape index (κ1) is 17.8. The van der Waals surface area contributed by atoms with Crippen molar-refractivity contribution in [2.45, 2.75) is 19.3 Å². The highest BCUT2D eigenvalue weighted by Crippen LogP contribution is 2.31. The minimum absolute atomic E-state index is 0.0350. The Hall–Kier alpha value is -1.99. The SMILES string of the molecule is NC1=NC(=O)/C(=C/c2cc(Cl)ccc2OCC(=O)N2CCCCC2)S1. The van der Waals surface area contributed by atoms with E-state index in [2.05, 4.69) is 4.99 Å². The Morgan fingerprint density at radius 3 is 2.80 bits per heavy atom. The number of benzene rings is 1. The Morgan fingerprint density at radius 1 is 1.36 bits per heavy atom. The second-order valence-electron chi connectivity index (χ2n) is 5.78. The van der Waals surface area contributed by atoms with E-state index in [0.29, 0.717) is 21.2 Å². The number of rotatable bonds is 4. The fraction of sp³-hybridized carbons (Fsp3) is 0.353. The van der Waals surface area contributed by atoms with Crippen LogP contribution in [0, 0.1) is 0 Å². The van der Waals surface area contributed by atoms with Gasteiger partial charge in [-0.25, -0.2) is 0 Å². The summed E-state index contributed by atoms with van der Waals surface area (Å²) in [5, 5.41) is 0.715. The van der Waals surface area contributed by atoms with Crippen LogP contribution < -0.4 is 10.5 Å². The molecule has 2 N–H and O–H groups in total. The zero-order valence-electron chi connectivity index (χ0n) is 13.5. The van der Waals surface area contributed by atoms with Crippen LogP contribution in [0.3, 0.4) is 0 Å². The van der Waals surface area contributed by atoms with Gasteiger partial charge in [-0.1, -0.05) is 11.6 Å². The first-order valence-electron chi connectivity index (χ1n) is 8.01. The number of carbonyl (C=O) groups is 2. The number of piperidine rings is 1. The highest BCUT2D eigenvalue weighted by molar-refractivity contribution is 8.18. The van der Waals surface area contributed by atoms with Gasteiger partial charge in [-0.3, -0.25) is 9.59 Å². The Morgan fingerprint density at radius 2 is 2.12 bits per heavy atom. The predicted molar refractivity (Wildman–Crippen MR) is 99.6 cm³/mol. The monoisotopic (exact) mass is 379 g/mol. The van der Waals surface area contributed by atoms with Crippen molar-refractivity contribution < 1.29 is 14.3 Å². The zero-order chi connectivity index (χ0) is 17.8. The van der Waals surface area contributed by atoms with Gasteiger partial charge in [-0.2, -0.15) is 4.99 Å². The summed E-state index contributed by atoms with van der Waals surface area (Å²) in [7, 11) is 0. The summed E-state index contributed by atoms with van der Waals surface area (Å²) >= 11 is 7.14. The number of amides is 2. The number of halogens is 1. The van der Waals surface area contributed by atoms with Crippen LogP contribution in [0.25, 0.3) is 6.08 Å². The first-order valence-corrected chi connectivity index (χ1v) is 9.20. The lowest BCUT2D eigenvalue weighted by atomic mass is 10.1. The van der Waals surface area contributed by atoms with E-state index in [1.54, 1.807) is 24.3 Å². The summed E-state index contributed by atoms with van der Waals surface area (Å²) in [6.07, 6.45) is 4.86. The van der Waals surface area contributed by atoms with Crippen molar-refractivity contribution in [2.75, 3.05) is 19.7 Å². The van der Waals surface area contributed by atoms with Crippen LogP contribution in [0.4, 0.5) is 0 Å². The number of thioether (sulfide) groups is 1. The topological polar surface area (TPSA) is 85.0 Å². The molecule has 2 amide bonds. The fourth-order valence-corrected chi connectivity index (χ4v) is 3.56. The summed E-state index contributed by atoms with van der Waals surface area (Å²) < 4.78 is 5.70. The van der Waals surface area contributed by atoms with Crippen molar-refractivity contribution in [3.05, 3.63) is 33.7 Å². The number of likely N-dealkylation sites (tertiary alicyclic amines) is 1. The molecule has 2 aliphatic heterocycles. The molecular weight excluding hydrogens is 362 g/mol. The van der Waals surface area contributed by atoms with Gasteiger partial charge < -0.3 is 15.4 Å². The summed E-state index contributed by atoms with van der Waals surface area (Å²) in [6.45, 7) is 1.51. The van der Waals surface area contributed by atoms with Crippen molar-refractivity contribution in [3.63, 3.8) is 0 Å². The smallest absolute Gasteiger partial charge is 0.286 e. The fourth-order valence-electron chi connectivity index (χ4n) is 2.70. The molecule has 1 saturated heterocycles. The molecule has 132 valence electrons. The van der Waals surface area contributed by atoms with E-state index in [4.69, 9.17) is 22.1 Å².